The van der Waals surface area contributed by atoms with Crippen LogP contribution in [0, 0.1) is 0 Å². The van der Waals surface area contributed by atoms with Crippen molar-refractivity contribution in [2.24, 2.45) is 0 Å². The maximum absolute atomic E-state index is 11.4. The van der Waals surface area contributed by atoms with E-state index in [0.29, 0.717) is 6.54 Å². The van der Waals surface area contributed by atoms with E-state index in [0.717, 1.165) is 19.3 Å². The lowest BCUT2D eigenvalue weighted by Crippen LogP contribution is -2.42. The second kappa shape index (κ2) is 7.87. The minimum Gasteiger partial charge on any atom is -0.392 e. The average molecular weight is 254 g/mol. The summed E-state index contributed by atoms with van der Waals surface area (Å²) in [7, 11) is 0. The number of rotatable bonds is 5. The normalized spacial score (nSPS) is 16.7. The first-order valence-corrected chi connectivity index (χ1v) is 6.51. The van der Waals surface area contributed by atoms with Gasteiger partial charge >= 0.3 is 11.8 Å². The Morgan fingerprint density at radius 1 is 1.33 bits per heavy atom. The van der Waals surface area contributed by atoms with Gasteiger partial charge < -0.3 is 15.7 Å². The third-order valence-electron chi connectivity index (χ3n) is 2.88. The van der Waals surface area contributed by atoms with Crippen LogP contribution in [0.5, 0.6) is 0 Å². The van der Waals surface area contributed by atoms with E-state index >= 15 is 0 Å². The number of aliphatic hydroxyl groups excluding tert-OH is 1. The van der Waals surface area contributed by atoms with E-state index < -0.39 is 17.9 Å². The van der Waals surface area contributed by atoms with Crippen LogP contribution in [0.25, 0.3) is 0 Å². The Morgan fingerprint density at radius 2 is 2.06 bits per heavy atom. The summed E-state index contributed by atoms with van der Waals surface area (Å²) >= 11 is 0. The van der Waals surface area contributed by atoms with Gasteiger partial charge in [0.1, 0.15) is 0 Å². The molecule has 5 nitrogen and oxygen atoms in total. The van der Waals surface area contributed by atoms with Crippen molar-refractivity contribution in [1.82, 2.24) is 10.6 Å². The monoisotopic (exact) mass is 254 g/mol. The molecule has 5 heteroatoms. The van der Waals surface area contributed by atoms with Gasteiger partial charge in [-0.1, -0.05) is 11.6 Å². The molecule has 0 radical (unpaired) electrons. The lowest BCUT2D eigenvalue weighted by molar-refractivity contribution is -0.139. The van der Waals surface area contributed by atoms with Gasteiger partial charge in [-0.15, -0.1) is 0 Å². The van der Waals surface area contributed by atoms with Crippen LogP contribution in [-0.2, 0) is 9.59 Å². The number of aliphatic hydroxyl groups is 1. The highest BCUT2D eigenvalue weighted by Gasteiger charge is 2.13. The summed E-state index contributed by atoms with van der Waals surface area (Å²) in [5.74, 6) is -1.32. The molecule has 1 aliphatic rings. The summed E-state index contributed by atoms with van der Waals surface area (Å²) in [6.45, 7) is 2.14. The first-order valence-electron chi connectivity index (χ1n) is 6.51. The fourth-order valence-electron chi connectivity index (χ4n) is 1.87. The molecule has 3 N–H and O–H groups in total. The molecule has 1 aliphatic carbocycles. The van der Waals surface area contributed by atoms with Crippen molar-refractivity contribution in [3.8, 4) is 0 Å². The molecule has 0 saturated carbocycles. The molecule has 102 valence electrons. The van der Waals surface area contributed by atoms with Crippen LogP contribution in [0.15, 0.2) is 11.6 Å². The van der Waals surface area contributed by atoms with Crippen LogP contribution in [0.3, 0.4) is 0 Å². The zero-order valence-corrected chi connectivity index (χ0v) is 10.9. The Kier molecular flexibility index (Phi) is 6.43. The van der Waals surface area contributed by atoms with E-state index in [9.17, 15) is 9.59 Å². The molecule has 18 heavy (non-hydrogen) atoms. The van der Waals surface area contributed by atoms with Gasteiger partial charge in [0.2, 0.25) is 0 Å². The quantitative estimate of drug-likeness (QED) is 0.493. The SMILES string of the molecule is C[C@@H](O)CNC(=O)C(=O)NCCC1=CCCCC1. The van der Waals surface area contributed by atoms with Gasteiger partial charge in [-0.2, -0.15) is 0 Å². The van der Waals surface area contributed by atoms with E-state index in [-0.39, 0.29) is 6.54 Å². The van der Waals surface area contributed by atoms with Crippen molar-refractivity contribution in [3.63, 3.8) is 0 Å². The van der Waals surface area contributed by atoms with Crippen molar-refractivity contribution in [3.05, 3.63) is 11.6 Å². The van der Waals surface area contributed by atoms with E-state index in [1.807, 2.05) is 0 Å². The predicted molar refractivity (Wildman–Crippen MR) is 68.9 cm³/mol. The number of carbonyl (C=O) groups excluding carboxylic acids is 2. The van der Waals surface area contributed by atoms with E-state index in [1.54, 1.807) is 6.92 Å². The molecule has 0 aliphatic heterocycles. The van der Waals surface area contributed by atoms with Crippen molar-refractivity contribution in [1.29, 1.82) is 0 Å². The smallest absolute Gasteiger partial charge is 0.309 e. The lowest BCUT2D eigenvalue weighted by Gasteiger charge is -2.13. The summed E-state index contributed by atoms with van der Waals surface area (Å²) in [4.78, 5) is 22.7. The van der Waals surface area contributed by atoms with Gasteiger partial charge in [-0.05, 0) is 39.0 Å². The van der Waals surface area contributed by atoms with Gasteiger partial charge in [-0.25, -0.2) is 0 Å². The Bertz CT molecular complexity index is 324. The molecule has 0 spiro atoms. The molecule has 0 unspecified atom stereocenters. The summed E-state index contributed by atoms with van der Waals surface area (Å²) in [5.41, 5.74) is 1.37. The van der Waals surface area contributed by atoms with Crippen LogP contribution in [0.2, 0.25) is 0 Å². The zero-order chi connectivity index (χ0) is 13.4. The summed E-state index contributed by atoms with van der Waals surface area (Å²) in [5, 5.41) is 13.9. The fourth-order valence-corrected chi connectivity index (χ4v) is 1.87. The molecule has 0 fully saturated rings. The molecule has 0 aromatic carbocycles. The van der Waals surface area contributed by atoms with Gasteiger partial charge in [0.05, 0.1) is 6.10 Å². The Morgan fingerprint density at radius 3 is 2.67 bits per heavy atom. The minimum absolute atomic E-state index is 0.0946. The number of nitrogens with one attached hydrogen (secondary N) is 2. The molecular weight excluding hydrogens is 232 g/mol. The third-order valence-corrected chi connectivity index (χ3v) is 2.88. The van der Waals surface area contributed by atoms with Crippen molar-refractivity contribution >= 4 is 11.8 Å². The van der Waals surface area contributed by atoms with Gasteiger partial charge in [0.25, 0.3) is 0 Å². The largest absolute Gasteiger partial charge is 0.392 e. The second-order valence-corrected chi connectivity index (χ2v) is 4.67. The number of hydrogen-bond donors (Lipinski definition) is 3. The zero-order valence-electron chi connectivity index (χ0n) is 10.9. The van der Waals surface area contributed by atoms with Crippen LogP contribution >= 0.6 is 0 Å². The summed E-state index contributed by atoms with van der Waals surface area (Å²) < 4.78 is 0. The second-order valence-electron chi connectivity index (χ2n) is 4.67. The minimum atomic E-state index is -0.687. The topological polar surface area (TPSA) is 78.4 Å². The van der Waals surface area contributed by atoms with E-state index in [2.05, 4.69) is 16.7 Å². The number of allylic oxidation sites excluding steroid dienone is 1. The number of carbonyl (C=O) groups is 2. The highest BCUT2D eigenvalue weighted by Crippen LogP contribution is 2.19. The molecule has 0 heterocycles. The van der Waals surface area contributed by atoms with Crippen LogP contribution in [0.1, 0.15) is 39.0 Å². The summed E-state index contributed by atoms with van der Waals surface area (Å²) in [6, 6.07) is 0. The third kappa shape index (κ3) is 5.82. The highest BCUT2D eigenvalue weighted by molar-refractivity contribution is 6.35. The van der Waals surface area contributed by atoms with E-state index in [4.69, 9.17) is 5.11 Å². The molecule has 0 aromatic rings. The number of hydrogen-bond acceptors (Lipinski definition) is 3. The Labute approximate surface area is 108 Å². The number of amides is 2. The first-order chi connectivity index (χ1) is 8.59. The summed E-state index contributed by atoms with van der Waals surface area (Å²) in [6.07, 6.45) is 7.08. The maximum Gasteiger partial charge on any atom is 0.309 e. The molecule has 2 amide bonds. The van der Waals surface area contributed by atoms with Gasteiger partial charge in [0, 0.05) is 13.1 Å². The maximum atomic E-state index is 11.4. The van der Waals surface area contributed by atoms with Crippen molar-refractivity contribution < 1.29 is 14.7 Å². The average Bonchev–Trinajstić information content (AvgIpc) is 2.37. The Hall–Kier alpha value is -1.36. The van der Waals surface area contributed by atoms with Crippen LogP contribution in [0.4, 0.5) is 0 Å². The molecule has 1 rings (SSSR count). The lowest BCUT2D eigenvalue weighted by atomic mass is 9.97. The molecular formula is C13H22N2O3. The van der Waals surface area contributed by atoms with Crippen molar-refractivity contribution in [2.75, 3.05) is 13.1 Å². The fraction of sp³-hybridized carbons (Fsp3) is 0.692. The van der Waals surface area contributed by atoms with Crippen LogP contribution in [-0.4, -0.2) is 36.1 Å². The molecule has 1 atom stereocenters. The van der Waals surface area contributed by atoms with Crippen molar-refractivity contribution in [2.45, 2.75) is 45.1 Å². The van der Waals surface area contributed by atoms with Crippen LogP contribution < -0.4 is 10.6 Å². The van der Waals surface area contributed by atoms with Gasteiger partial charge in [0.15, 0.2) is 0 Å². The Balaban J connectivity index is 2.16. The van der Waals surface area contributed by atoms with Gasteiger partial charge in [-0.3, -0.25) is 9.59 Å². The molecule has 0 saturated heterocycles. The predicted octanol–water partition coefficient (Wildman–Crippen LogP) is 0.490. The molecule has 0 bridgehead atoms. The molecule has 0 aromatic heterocycles. The standard InChI is InChI=1S/C13H22N2O3/c1-10(16)9-15-13(18)12(17)14-8-7-11-5-3-2-4-6-11/h5,10,16H,2-4,6-9H2,1H3,(H,14,17)(H,15,18)/t10-/m1/s1. The first kappa shape index (κ1) is 14.7. The van der Waals surface area contributed by atoms with E-state index in [1.165, 1.54) is 18.4 Å². The highest BCUT2D eigenvalue weighted by atomic mass is 16.3.